The molecule has 1 aromatic carbocycles. The third kappa shape index (κ3) is 2.77. The standard InChI is InChI=1S/C16H19NO4/c1-9-6-7-10(16(2,3)4)14(20-5)13(9)11-8-12(15(18)19)21-17-11/h6-8H,1-5H3,(H,18,19). The molecule has 0 amide bonds. The molecule has 21 heavy (non-hydrogen) atoms. The fourth-order valence-corrected chi connectivity index (χ4v) is 2.30. The van der Waals surface area contributed by atoms with Crippen LogP contribution in [0.5, 0.6) is 5.75 Å². The predicted molar refractivity (Wildman–Crippen MR) is 78.9 cm³/mol. The van der Waals surface area contributed by atoms with Crippen molar-refractivity contribution >= 4 is 5.97 Å². The summed E-state index contributed by atoms with van der Waals surface area (Å²) in [5.74, 6) is -0.627. The van der Waals surface area contributed by atoms with E-state index < -0.39 is 5.97 Å². The fourth-order valence-electron chi connectivity index (χ4n) is 2.30. The summed E-state index contributed by atoms with van der Waals surface area (Å²) in [6.07, 6.45) is 0. The molecule has 0 saturated carbocycles. The molecule has 0 aliphatic rings. The molecule has 1 heterocycles. The lowest BCUT2D eigenvalue weighted by Crippen LogP contribution is -2.13. The third-order valence-electron chi connectivity index (χ3n) is 3.36. The largest absolute Gasteiger partial charge is 0.496 e. The van der Waals surface area contributed by atoms with Crippen LogP contribution < -0.4 is 4.74 Å². The minimum absolute atomic E-state index is 0.104. The molecule has 5 nitrogen and oxygen atoms in total. The number of hydrogen-bond acceptors (Lipinski definition) is 4. The molecule has 0 fully saturated rings. The number of carboxylic acid groups (broad SMARTS) is 1. The van der Waals surface area contributed by atoms with Gasteiger partial charge in [-0.25, -0.2) is 4.79 Å². The van der Waals surface area contributed by atoms with Crippen molar-refractivity contribution in [3.8, 4) is 17.0 Å². The number of carbonyl (C=O) groups is 1. The summed E-state index contributed by atoms with van der Waals surface area (Å²) in [6, 6.07) is 5.42. The zero-order valence-corrected chi connectivity index (χ0v) is 12.9. The monoisotopic (exact) mass is 289 g/mol. The van der Waals surface area contributed by atoms with E-state index in [-0.39, 0.29) is 11.2 Å². The average Bonchev–Trinajstić information content (AvgIpc) is 2.86. The molecule has 1 N–H and O–H groups in total. The Hall–Kier alpha value is -2.30. The second-order valence-corrected chi connectivity index (χ2v) is 5.97. The van der Waals surface area contributed by atoms with Crippen molar-refractivity contribution in [2.45, 2.75) is 33.1 Å². The van der Waals surface area contributed by atoms with Crippen LogP contribution in [0.15, 0.2) is 22.7 Å². The molecular formula is C16H19NO4. The summed E-state index contributed by atoms with van der Waals surface area (Å²) in [4.78, 5) is 10.9. The quantitative estimate of drug-likeness (QED) is 0.933. The zero-order valence-electron chi connectivity index (χ0n) is 12.9. The Bertz CT molecular complexity index is 680. The maximum absolute atomic E-state index is 10.9. The Morgan fingerprint density at radius 2 is 2.00 bits per heavy atom. The molecule has 2 aromatic rings. The van der Waals surface area contributed by atoms with E-state index in [4.69, 9.17) is 14.4 Å². The van der Waals surface area contributed by atoms with Crippen molar-refractivity contribution in [1.29, 1.82) is 0 Å². The van der Waals surface area contributed by atoms with E-state index in [2.05, 4.69) is 25.9 Å². The van der Waals surface area contributed by atoms with Gasteiger partial charge in [0.25, 0.3) is 0 Å². The number of aromatic carboxylic acids is 1. The molecule has 0 atom stereocenters. The normalized spacial score (nSPS) is 11.5. The van der Waals surface area contributed by atoms with Gasteiger partial charge in [-0.3, -0.25) is 0 Å². The highest BCUT2D eigenvalue weighted by atomic mass is 16.5. The number of benzene rings is 1. The summed E-state index contributed by atoms with van der Waals surface area (Å²) in [6.45, 7) is 8.21. The Balaban J connectivity index is 2.69. The number of hydrogen-bond donors (Lipinski definition) is 1. The van der Waals surface area contributed by atoms with Crippen LogP contribution >= 0.6 is 0 Å². The topological polar surface area (TPSA) is 72.6 Å². The van der Waals surface area contributed by atoms with Crippen LogP contribution in [0, 0.1) is 6.92 Å². The first-order valence-corrected chi connectivity index (χ1v) is 6.64. The van der Waals surface area contributed by atoms with Crippen molar-refractivity contribution in [2.24, 2.45) is 0 Å². The van der Waals surface area contributed by atoms with Gasteiger partial charge in [-0.1, -0.05) is 38.1 Å². The number of nitrogens with zero attached hydrogens (tertiary/aromatic N) is 1. The molecule has 5 heteroatoms. The van der Waals surface area contributed by atoms with E-state index in [0.29, 0.717) is 11.4 Å². The van der Waals surface area contributed by atoms with Crippen molar-refractivity contribution < 1.29 is 19.2 Å². The zero-order chi connectivity index (χ0) is 15.8. The molecule has 112 valence electrons. The van der Waals surface area contributed by atoms with Crippen LogP contribution in [0.25, 0.3) is 11.3 Å². The van der Waals surface area contributed by atoms with Crippen LogP contribution in [-0.2, 0) is 5.41 Å². The van der Waals surface area contributed by atoms with Crippen molar-refractivity contribution in [3.05, 3.63) is 35.1 Å². The number of aromatic nitrogens is 1. The summed E-state index contributed by atoms with van der Waals surface area (Å²) >= 11 is 0. The van der Waals surface area contributed by atoms with E-state index >= 15 is 0 Å². The van der Waals surface area contributed by atoms with Crippen LogP contribution in [0.2, 0.25) is 0 Å². The highest BCUT2D eigenvalue weighted by Gasteiger charge is 2.25. The molecule has 0 radical (unpaired) electrons. The van der Waals surface area contributed by atoms with Gasteiger partial charge < -0.3 is 14.4 Å². The van der Waals surface area contributed by atoms with Gasteiger partial charge in [-0.2, -0.15) is 0 Å². The second-order valence-electron chi connectivity index (χ2n) is 5.97. The molecule has 0 unspecified atom stereocenters. The van der Waals surface area contributed by atoms with Crippen molar-refractivity contribution in [3.63, 3.8) is 0 Å². The number of aryl methyl sites for hydroxylation is 1. The lowest BCUT2D eigenvalue weighted by Gasteiger charge is -2.24. The minimum atomic E-state index is -1.14. The molecule has 0 saturated heterocycles. The number of ether oxygens (including phenoxy) is 1. The average molecular weight is 289 g/mol. The molecule has 0 spiro atoms. The van der Waals surface area contributed by atoms with Gasteiger partial charge in [0.15, 0.2) is 0 Å². The number of carboxylic acids is 1. The molecule has 0 aliphatic carbocycles. The SMILES string of the molecule is COc1c(C(C)(C)C)ccc(C)c1-c1cc(C(=O)O)on1. The Labute approximate surface area is 123 Å². The molecule has 0 bridgehead atoms. The van der Waals surface area contributed by atoms with Crippen molar-refractivity contribution in [2.75, 3.05) is 7.11 Å². The van der Waals surface area contributed by atoms with Gasteiger partial charge in [0.2, 0.25) is 5.76 Å². The third-order valence-corrected chi connectivity index (χ3v) is 3.36. The summed E-state index contributed by atoms with van der Waals surface area (Å²) in [7, 11) is 1.60. The van der Waals surface area contributed by atoms with Crippen LogP contribution in [0.1, 0.15) is 42.5 Å². The van der Waals surface area contributed by atoms with E-state index in [0.717, 1.165) is 16.7 Å². The minimum Gasteiger partial charge on any atom is -0.496 e. The van der Waals surface area contributed by atoms with Crippen molar-refractivity contribution in [1.82, 2.24) is 5.16 Å². The van der Waals surface area contributed by atoms with E-state index in [9.17, 15) is 4.79 Å². The van der Waals surface area contributed by atoms with Gasteiger partial charge in [0.05, 0.1) is 7.11 Å². The molecule has 0 aliphatic heterocycles. The number of rotatable bonds is 3. The molecule has 2 rings (SSSR count). The van der Waals surface area contributed by atoms with Crippen LogP contribution in [-0.4, -0.2) is 23.3 Å². The second kappa shape index (κ2) is 5.24. The van der Waals surface area contributed by atoms with Gasteiger partial charge >= 0.3 is 5.97 Å². The van der Waals surface area contributed by atoms with Gasteiger partial charge in [0.1, 0.15) is 11.4 Å². The lowest BCUT2D eigenvalue weighted by molar-refractivity contribution is 0.0652. The predicted octanol–water partition coefficient (Wildman–Crippen LogP) is 3.65. The van der Waals surface area contributed by atoms with E-state index in [1.807, 2.05) is 19.1 Å². The highest BCUT2D eigenvalue weighted by molar-refractivity contribution is 5.86. The van der Waals surface area contributed by atoms with Gasteiger partial charge in [0, 0.05) is 17.2 Å². The Kier molecular flexibility index (Phi) is 3.77. The fraction of sp³-hybridized carbons (Fsp3) is 0.375. The Morgan fingerprint density at radius 1 is 1.33 bits per heavy atom. The maximum Gasteiger partial charge on any atom is 0.374 e. The van der Waals surface area contributed by atoms with Crippen LogP contribution in [0.3, 0.4) is 0 Å². The van der Waals surface area contributed by atoms with Gasteiger partial charge in [-0.05, 0) is 17.9 Å². The highest BCUT2D eigenvalue weighted by Crippen LogP contribution is 2.40. The molecular weight excluding hydrogens is 270 g/mol. The summed E-state index contributed by atoms with van der Waals surface area (Å²) in [5.41, 5.74) is 3.11. The smallest absolute Gasteiger partial charge is 0.374 e. The Morgan fingerprint density at radius 3 is 2.48 bits per heavy atom. The summed E-state index contributed by atoms with van der Waals surface area (Å²) in [5, 5.41) is 12.8. The van der Waals surface area contributed by atoms with E-state index in [1.54, 1.807) is 7.11 Å². The lowest BCUT2D eigenvalue weighted by atomic mass is 9.83. The van der Waals surface area contributed by atoms with E-state index in [1.165, 1.54) is 6.07 Å². The first-order chi connectivity index (χ1) is 9.75. The number of methoxy groups -OCH3 is 1. The molecule has 1 aromatic heterocycles. The maximum atomic E-state index is 10.9. The first kappa shape index (κ1) is 15.1. The first-order valence-electron chi connectivity index (χ1n) is 6.64. The summed E-state index contributed by atoms with van der Waals surface area (Å²) < 4.78 is 10.4. The van der Waals surface area contributed by atoms with Crippen LogP contribution in [0.4, 0.5) is 0 Å². The van der Waals surface area contributed by atoms with Gasteiger partial charge in [-0.15, -0.1) is 0 Å².